The zero-order chi connectivity index (χ0) is 64.2. The van der Waals surface area contributed by atoms with E-state index in [4.69, 9.17) is 47.9 Å². The zero-order valence-corrected chi connectivity index (χ0v) is 52.3. The van der Waals surface area contributed by atoms with Gasteiger partial charge >= 0.3 is 0 Å². The number of ether oxygens (including phenoxy) is 9. The lowest BCUT2D eigenvalue weighted by atomic mass is 10.2. The van der Waals surface area contributed by atoms with Gasteiger partial charge in [0, 0.05) is 160 Å². The van der Waals surface area contributed by atoms with Crippen LogP contribution in [0.5, 0.6) is 52.3 Å². The summed E-state index contributed by atoms with van der Waals surface area (Å²) in [5, 5.41) is 22.1. The van der Waals surface area contributed by atoms with Crippen LogP contribution in [0.3, 0.4) is 0 Å². The van der Waals surface area contributed by atoms with Crippen molar-refractivity contribution in [3.63, 3.8) is 0 Å². The molecule has 0 spiro atoms. The van der Waals surface area contributed by atoms with E-state index in [0.717, 1.165) is 145 Å². The highest BCUT2D eigenvalue weighted by molar-refractivity contribution is 5.51. The number of nitrogens with one attached hydrogen (secondary N) is 4. The number of nitrogens with zero attached hydrogens (tertiary/aromatic N) is 13. The molecule has 12 rings (SSSR count). The molecule has 0 saturated carbocycles. The van der Waals surface area contributed by atoms with E-state index >= 15 is 0 Å². The number of aromatic nitrogens is 8. The van der Waals surface area contributed by atoms with Crippen molar-refractivity contribution in [3.8, 4) is 58.3 Å². The van der Waals surface area contributed by atoms with Crippen LogP contribution in [0.1, 0.15) is 5.56 Å². The van der Waals surface area contributed by atoms with E-state index in [-0.39, 0.29) is 24.8 Å². The molecular formula is C66H80FN17O9. The number of benzene rings is 4. The normalized spacial score (nSPS) is 14.4. The van der Waals surface area contributed by atoms with Crippen LogP contribution in [0.25, 0.3) is 0 Å². The second kappa shape index (κ2) is 38.5. The van der Waals surface area contributed by atoms with Crippen molar-refractivity contribution in [2.24, 2.45) is 0 Å². The standard InChI is InChI=1S/C17H19N5O2.C17H22N4O3.C16H19FN4O2.C16H20N4O2/c18-13-14-2-1-3-15(12-14)23-10-11-24-17-16(20-4-5-21-17)22-8-6-19-7-9-22;1-22-14-3-2-4-15(13-14)23-11-12-24-17-16(19-5-6-20-17)21-9-7-18-8-10-21;17-13-3-1-2-4-14(13)22-11-12-23-16-15(19-5-6-20-16)21-9-7-18-8-10-21;1-2-4-14(5-3-1)21-12-13-22-16-15(18-6-7-19-16)20-10-8-17-9-11-20/h1-5,12,19H,6-11H2;2-6,13,18H,7-12H2,1H3;1-6,18H,7-12H2;1-7,17H,8-13H2. The summed E-state index contributed by atoms with van der Waals surface area (Å²) in [7, 11) is 1.63. The Kier molecular flexibility index (Phi) is 27.9. The van der Waals surface area contributed by atoms with Gasteiger partial charge in [-0.15, -0.1) is 0 Å². The Morgan fingerprint density at radius 2 is 0.688 bits per heavy atom. The molecule has 8 heterocycles. The minimum absolute atomic E-state index is 0.220. The smallest absolute Gasteiger partial charge is 0.257 e. The number of hydrogen-bond donors (Lipinski definition) is 4. The third-order valence-electron chi connectivity index (χ3n) is 14.2. The molecule has 4 N–H and O–H groups in total. The number of anilines is 4. The quantitative estimate of drug-likeness (QED) is 0.0522. The van der Waals surface area contributed by atoms with Gasteiger partial charge in [-0.2, -0.15) is 5.26 Å². The van der Waals surface area contributed by atoms with E-state index in [1.807, 2.05) is 60.7 Å². The monoisotopic (exact) mass is 1270 g/mol. The molecule has 8 aromatic rings. The summed E-state index contributed by atoms with van der Waals surface area (Å²) < 4.78 is 63.8. The van der Waals surface area contributed by atoms with Crippen molar-refractivity contribution in [2.75, 3.05) is 184 Å². The topological polar surface area (TPSA) is 271 Å². The molecule has 0 bridgehead atoms. The molecule has 26 nitrogen and oxygen atoms in total. The van der Waals surface area contributed by atoms with Gasteiger partial charge in [0.15, 0.2) is 34.8 Å². The molecule has 27 heteroatoms. The van der Waals surface area contributed by atoms with Gasteiger partial charge in [0.05, 0.1) is 18.7 Å². The maximum atomic E-state index is 13.4. The predicted octanol–water partition coefficient (Wildman–Crippen LogP) is 5.40. The van der Waals surface area contributed by atoms with Gasteiger partial charge in [-0.25, -0.2) is 44.3 Å². The fourth-order valence-corrected chi connectivity index (χ4v) is 9.66. The molecule has 4 fully saturated rings. The highest BCUT2D eigenvalue weighted by atomic mass is 19.1. The van der Waals surface area contributed by atoms with Crippen molar-refractivity contribution in [2.45, 2.75) is 0 Å². The van der Waals surface area contributed by atoms with Crippen LogP contribution in [-0.4, -0.2) is 205 Å². The predicted molar refractivity (Wildman–Crippen MR) is 349 cm³/mol. The van der Waals surface area contributed by atoms with Crippen LogP contribution >= 0.6 is 0 Å². The van der Waals surface area contributed by atoms with Crippen molar-refractivity contribution >= 4 is 23.3 Å². The lowest BCUT2D eigenvalue weighted by Gasteiger charge is -2.28. The van der Waals surface area contributed by atoms with Gasteiger partial charge in [-0.3, -0.25) is 0 Å². The van der Waals surface area contributed by atoms with Gasteiger partial charge in [-0.1, -0.05) is 42.5 Å². The fraction of sp³-hybridized carbons (Fsp3) is 0.379. The molecule has 4 saturated heterocycles. The average Bonchev–Trinajstić information content (AvgIpc) is 2.25. The molecule has 0 unspecified atom stereocenters. The Bertz CT molecular complexity index is 3470. The Labute approximate surface area is 541 Å². The molecule has 0 amide bonds. The molecule has 4 aliphatic heterocycles. The van der Waals surface area contributed by atoms with E-state index in [9.17, 15) is 4.39 Å². The number of methoxy groups -OCH3 is 1. The average molecular weight is 1270 g/mol. The van der Waals surface area contributed by atoms with Gasteiger partial charge in [-0.05, 0) is 54.6 Å². The highest BCUT2D eigenvalue weighted by Crippen LogP contribution is 2.27. The van der Waals surface area contributed by atoms with E-state index in [0.29, 0.717) is 74.5 Å². The molecule has 4 aliphatic rings. The number of hydrogen-bond acceptors (Lipinski definition) is 26. The van der Waals surface area contributed by atoms with Crippen molar-refractivity contribution < 1.29 is 47.0 Å². The molecule has 0 atom stereocenters. The molecule has 490 valence electrons. The second-order valence-corrected chi connectivity index (χ2v) is 20.5. The van der Waals surface area contributed by atoms with E-state index in [1.54, 1.807) is 93.1 Å². The Morgan fingerprint density at radius 3 is 1.09 bits per heavy atom. The summed E-state index contributed by atoms with van der Waals surface area (Å²) in [5.74, 6) is 8.07. The Balaban J connectivity index is 0.000000146. The number of halogens is 1. The van der Waals surface area contributed by atoms with Crippen LogP contribution in [0, 0.1) is 17.1 Å². The Morgan fingerprint density at radius 1 is 0.366 bits per heavy atom. The largest absolute Gasteiger partial charge is 0.497 e. The third-order valence-corrected chi connectivity index (χ3v) is 14.2. The molecule has 4 aromatic heterocycles. The first-order valence-corrected chi connectivity index (χ1v) is 31.0. The van der Waals surface area contributed by atoms with Crippen molar-refractivity contribution in [1.29, 1.82) is 5.26 Å². The van der Waals surface area contributed by atoms with Crippen molar-refractivity contribution in [3.05, 3.63) is 164 Å². The van der Waals surface area contributed by atoms with Crippen LogP contribution in [-0.2, 0) is 0 Å². The van der Waals surface area contributed by atoms with Gasteiger partial charge in [0.25, 0.3) is 23.5 Å². The summed E-state index contributed by atoms with van der Waals surface area (Å²) in [6.07, 6.45) is 13.2. The lowest BCUT2D eigenvalue weighted by Crippen LogP contribution is -2.44. The van der Waals surface area contributed by atoms with E-state index in [1.165, 1.54) is 6.07 Å². The van der Waals surface area contributed by atoms with Gasteiger partial charge in [0.1, 0.15) is 75.9 Å². The van der Waals surface area contributed by atoms with Crippen LogP contribution in [0.4, 0.5) is 27.7 Å². The maximum Gasteiger partial charge on any atom is 0.257 e. The van der Waals surface area contributed by atoms with E-state index in [2.05, 4.69) is 86.8 Å². The number of nitriles is 1. The van der Waals surface area contributed by atoms with Crippen LogP contribution in [0.15, 0.2) is 153 Å². The van der Waals surface area contributed by atoms with Crippen molar-refractivity contribution in [1.82, 2.24) is 61.1 Å². The van der Waals surface area contributed by atoms with E-state index < -0.39 is 0 Å². The fourth-order valence-electron chi connectivity index (χ4n) is 9.66. The Hall–Kier alpha value is -10.1. The lowest BCUT2D eigenvalue weighted by molar-refractivity contribution is 0.206. The first-order chi connectivity index (χ1) is 46.0. The molecule has 93 heavy (non-hydrogen) atoms. The molecular weight excluding hydrogens is 1190 g/mol. The molecule has 0 radical (unpaired) electrons. The SMILES string of the molecule is COc1cccc(OCCOc2nccnc2N2CCNCC2)c1.Fc1ccccc1OCCOc1nccnc1N1CCNCC1.N#Cc1cccc(OCCOc2nccnc2N2CCNCC2)c1.c1ccc(OCCOc2nccnc2N2CCNCC2)cc1. The van der Waals surface area contributed by atoms with Gasteiger partial charge in [0.2, 0.25) is 0 Å². The number of para-hydroxylation sites is 2. The summed E-state index contributed by atoms with van der Waals surface area (Å²) in [6, 6.07) is 32.6. The summed E-state index contributed by atoms with van der Waals surface area (Å²) in [6.45, 7) is 17.5. The molecule has 4 aromatic carbocycles. The minimum atomic E-state index is -0.381. The highest BCUT2D eigenvalue weighted by Gasteiger charge is 2.21. The summed E-state index contributed by atoms with van der Waals surface area (Å²) in [4.78, 5) is 43.4. The number of rotatable bonds is 25. The number of piperazine rings is 4. The zero-order valence-electron chi connectivity index (χ0n) is 52.3. The third kappa shape index (κ3) is 22.3. The summed E-state index contributed by atoms with van der Waals surface area (Å²) >= 11 is 0. The van der Waals surface area contributed by atoms with Crippen LogP contribution < -0.4 is 83.5 Å². The molecule has 0 aliphatic carbocycles. The minimum Gasteiger partial charge on any atom is -0.497 e. The first kappa shape index (κ1) is 67.3. The van der Waals surface area contributed by atoms with Gasteiger partial charge < -0.3 is 83.5 Å². The summed E-state index contributed by atoms with van der Waals surface area (Å²) in [5.41, 5.74) is 0.573. The maximum absolute atomic E-state index is 13.4. The van der Waals surface area contributed by atoms with Crippen LogP contribution in [0.2, 0.25) is 0 Å². The second-order valence-electron chi connectivity index (χ2n) is 20.5. The first-order valence-electron chi connectivity index (χ1n) is 31.0.